The molecule has 11 aromatic rings. The van der Waals surface area contributed by atoms with E-state index in [-0.39, 0.29) is 0 Å². The van der Waals surface area contributed by atoms with Gasteiger partial charge in [-0.15, -0.1) is 0 Å². The van der Waals surface area contributed by atoms with Crippen molar-refractivity contribution >= 4 is 43.6 Å². The molecule has 0 unspecified atom stereocenters. The van der Waals surface area contributed by atoms with E-state index in [0.717, 1.165) is 12.1 Å². The fourth-order valence-corrected chi connectivity index (χ4v) is 9.45. The van der Waals surface area contributed by atoms with Crippen LogP contribution in [0.4, 0.5) is 0 Å². The Morgan fingerprint density at radius 2 is 0.754 bits per heavy atom. The summed E-state index contributed by atoms with van der Waals surface area (Å²) in [7, 11) is 0. The number of fused-ring (bicyclic) bond motifs is 9. The van der Waals surface area contributed by atoms with Crippen molar-refractivity contribution in [3.05, 3.63) is 217 Å². The van der Waals surface area contributed by atoms with Gasteiger partial charge < -0.3 is 9.13 Å². The van der Waals surface area contributed by atoms with Gasteiger partial charge in [-0.25, -0.2) is 0 Å². The predicted molar refractivity (Wildman–Crippen MR) is 240 cm³/mol. The second-order valence-electron chi connectivity index (χ2n) is 15.3. The van der Waals surface area contributed by atoms with E-state index in [2.05, 4.69) is 215 Å². The fraction of sp³-hybridized carbons (Fsp3) is 0.0182. The lowest BCUT2D eigenvalue weighted by Gasteiger charge is -2.12. The highest BCUT2D eigenvalue weighted by Crippen LogP contribution is 2.44. The first-order valence-corrected chi connectivity index (χ1v) is 19.8. The lowest BCUT2D eigenvalue weighted by atomic mass is 9.99. The second kappa shape index (κ2) is 12.6. The zero-order valence-electron chi connectivity index (χ0n) is 31.2. The van der Waals surface area contributed by atoms with Crippen molar-refractivity contribution in [3.63, 3.8) is 0 Å². The molecule has 0 saturated carbocycles. The first-order chi connectivity index (χ1) is 28.2. The first kappa shape index (κ1) is 31.9. The molecule has 1 aliphatic rings. The van der Waals surface area contributed by atoms with Crippen molar-refractivity contribution in [2.24, 2.45) is 0 Å². The lowest BCUT2D eigenvalue weighted by molar-refractivity contribution is 1.18. The Bertz CT molecular complexity index is 3360. The van der Waals surface area contributed by atoms with Gasteiger partial charge in [0.25, 0.3) is 0 Å². The van der Waals surface area contributed by atoms with Crippen LogP contribution in [0.25, 0.3) is 99.5 Å². The summed E-state index contributed by atoms with van der Waals surface area (Å²) in [5, 5.41) is 5.07. The molecule has 0 fully saturated rings. The highest BCUT2D eigenvalue weighted by atomic mass is 15.0. The van der Waals surface area contributed by atoms with Gasteiger partial charge in [-0.05, 0) is 129 Å². The van der Waals surface area contributed by atoms with Crippen molar-refractivity contribution in [3.8, 4) is 55.9 Å². The Labute approximate surface area is 331 Å². The Balaban J connectivity index is 1.04. The van der Waals surface area contributed by atoms with E-state index < -0.39 is 0 Å². The SMILES string of the molecule is c1ccc(-c2cccc(-n3c4ccccc4c4cc(-c5ccc6c(c5)c5cc7c(cc5n6-c5cccc(-c6ccccc6)c5)-c5ccccc5C7)ccc43)c2)cc1. The zero-order valence-corrected chi connectivity index (χ0v) is 31.2. The average Bonchev–Trinajstić information content (AvgIpc) is 3.93. The molecule has 2 heteroatoms. The normalized spacial score (nSPS) is 12.1. The molecule has 0 N–H and O–H groups in total. The van der Waals surface area contributed by atoms with E-state index in [4.69, 9.17) is 0 Å². The Hall–Kier alpha value is -7.42. The number of aromatic nitrogens is 2. The van der Waals surface area contributed by atoms with Crippen molar-refractivity contribution in [2.75, 3.05) is 0 Å². The summed E-state index contributed by atoms with van der Waals surface area (Å²) in [6.07, 6.45) is 0.965. The van der Waals surface area contributed by atoms with Crippen LogP contribution in [0.2, 0.25) is 0 Å². The molecule has 0 aliphatic heterocycles. The van der Waals surface area contributed by atoms with Crippen molar-refractivity contribution < 1.29 is 0 Å². The Kier molecular flexibility index (Phi) is 7.02. The molecule has 2 heterocycles. The van der Waals surface area contributed by atoms with Gasteiger partial charge in [-0.3, -0.25) is 0 Å². The van der Waals surface area contributed by atoms with Crippen LogP contribution < -0.4 is 0 Å². The smallest absolute Gasteiger partial charge is 0.0547 e. The fourth-order valence-electron chi connectivity index (χ4n) is 9.45. The van der Waals surface area contributed by atoms with Gasteiger partial charge in [0.15, 0.2) is 0 Å². The highest BCUT2D eigenvalue weighted by Gasteiger charge is 2.23. The van der Waals surface area contributed by atoms with Gasteiger partial charge in [0.05, 0.1) is 22.1 Å². The van der Waals surface area contributed by atoms with Crippen LogP contribution in [0.15, 0.2) is 206 Å². The summed E-state index contributed by atoms with van der Waals surface area (Å²) in [6, 6.07) is 75.9. The highest BCUT2D eigenvalue weighted by molar-refractivity contribution is 6.14. The maximum Gasteiger partial charge on any atom is 0.0547 e. The molecular weight excluding hydrogens is 689 g/mol. The number of nitrogens with zero attached hydrogens (tertiary/aromatic N) is 2. The van der Waals surface area contributed by atoms with Crippen LogP contribution in [0, 0.1) is 0 Å². The lowest BCUT2D eigenvalue weighted by Crippen LogP contribution is -1.95. The van der Waals surface area contributed by atoms with Crippen LogP contribution in [0.1, 0.15) is 11.1 Å². The first-order valence-electron chi connectivity index (χ1n) is 19.8. The van der Waals surface area contributed by atoms with Gasteiger partial charge in [-0.2, -0.15) is 0 Å². The molecule has 266 valence electrons. The Morgan fingerprint density at radius 3 is 1.42 bits per heavy atom. The van der Waals surface area contributed by atoms with E-state index in [1.54, 1.807) is 0 Å². The average molecular weight is 725 g/mol. The van der Waals surface area contributed by atoms with Crippen LogP contribution in [-0.2, 0) is 6.42 Å². The number of rotatable bonds is 5. The third-order valence-corrected chi connectivity index (χ3v) is 12.1. The van der Waals surface area contributed by atoms with E-state index in [0.29, 0.717) is 0 Å². The molecule has 9 aromatic carbocycles. The Morgan fingerprint density at radius 1 is 0.263 bits per heavy atom. The quantitative estimate of drug-likeness (QED) is 0.167. The van der Waals surface area contributed by atoms with E-state index in [1.165, 1.54) is 105 Å². The van der Waals surface area contributed by atoms with E-state index in [9.17, 15) is 0 Å². The molecule has 0 bridgehead atoms. The maximum atomic E-state index is 2.47. The molecule has 2 nitrogen and oxygen atoms in total. The van der Waals surface area contributed by atoms with Crippen LogP contribution in [-0.4, -0.2) is 9.13 Å². The summed E-state index contributed by atoms with van der Waals surface area (Å²) in [5.74, 6) is 0. The van der Waals surface area contributed by atoms with Crippen molar-refractivity contribution in [1.82, 2.24) is 9.13 Å². The van der Waals surface area contributed by atoms with E-state index >= 15 is 0 Å². The molecule has 2 aromatic heterocycles. The third-order valence-electron chi connectivity index (χ3n) is 12.1. The topological polar surface area (TPSA) is 9.86 Å². The maximum absolute atomic E-state index is 2.47. The summed E-state index contributed by atoms with van der Waals surface area (Å²) in [5.41, 5.74) is 20.0. The molecule has 0 amide bonds. The largest absolute Gasteiger partial charge is 0.309 e. The summed E-state index contributed by atoms with van der Waals surface area (Å²) >= 11 is 0. The van der Waals surface area contributed by atoms with E-state index in [1.807, 2.05) is 0 Å². The zero-order chi connectivity index (χ0) is 37.5. The summed E-state index contributed by atoms with van der Waals surface area (Å²) in [4.78, 5) is 0. The molecule has 0 spiro atoms. The monoisotopic (exact) mass is 724 g/mol. The van der Waals surface area contributed by atoms with Crippen LogP contribution in [0.5, 0.6) is 0 Å². The number of hydrogen-bond donors (Lipinski definition) is 0. The molecule has 0 radical (unpaired) electrons. The standard InChI is InChI=1S/C55H36N2/c1-3-13-36(14-4-1)38-18-11-20-44(30-38)56-52-24-10-9-23-47(52)49-32-40(25-27-53(49)56)41-26-28-54-50(33-41)51-34-43-29-42-17-7-8-22-46(42)48(43)35-55(51)57(54)45-21-12-19-39(31-45)37-15-5-2-6-16-37/h1-28,30-35H,29H2. The summed E-state index contributed by atoms with van der Waals surface area (Å²) < 4.78 is 4.89. The van der Waals surface area contributed by atoms with Crippen molar-refractivity contribution in [1.29, 1.82) is 0 Å². The molecule has 57 heavy (non-hydrogen) atoms. The van der Waals surface area contributed by atoms with Gasteiger partial charge in [0.1, 0.15) is 0 Å². The van der Waals surface area contributed by atoms with Crippen LogP contribution in [0.3, 0.4) is 0 Å². The molecule has 0 atom stereocenters. The number of benzene rings is 9. The molecular formula is C55H36N2. The van der Waals surface area contributed by atoms with Crippen molar-refractivity contribution in [2.45, 2.75) is 6.42 Å². The molecule has 0 saturated heterocycles. The van der Waals surface area contributed by atoms with Crippen LogP contribution >= 0.6 is 0 Å². The molecule has 1 aliphatic carbocycles. The van der Waals surface area contributed by atoms with Gasteiger partial charge in [0, 0.05) is 32.9 Å². The second-order valence-corrected chi connectivity index (χ2v) is 15.3. The minimum absolute atomic E-state index is 0.965. The minimum atomic E-state index is 0.965. The van der Waals surface area contributed by atoms with Gasteiger partial charge in [-0.1, -0.05) is 140 Å². The van der Waals surface area contributed by atoms with Gasteiger partial charge >= 0.3 is 0 Å². The predicted octanol–water partition coefficient (Wildman–Crippen LogP) is 14.5. The molecule has 12 rings (SSSR count). The van der Waals surface area contributed by atoms with Gasteiger partial charge in [0.2, 0.25) is 0 Å². The number of para-hydroxylation sites is 1. The number of hydrogen-bond acceptors (Lipinski definition) is 0. The summed E-state index contributed by atoms with van der Waals surface area (Å²) in [6.45, 7) is 0. The minimum Gasteiger partial charge on any atom is -0.309 e. The third kappa shape index (κ3) is 5.04.